The fourth-order valence-electron chi connectivity index (χ4n) is 0.413. The van der Waals surface area contributed by atoms with Gasteiger partial charge in [0, 0.05) is 6.54 Å². The second-order valence-electron chi connectivity index (χ2n) is 1.80. The summed E-state index contributed by atoms with van der Waals surface area (Å²) in [5, 5.41) is 3.03. The standard InChI is InChI=1S/C5H15N3/c1-2-3-8-5(7)4-6/h5,8H,2-4,6-7H2,1H3. The van der Waals surface area contributed by atoms with Crippen LogP contribution in [0.2, 0.25) is 0 Å². The van der Waals surface area contributed by atoms with Crippen molar-refractivity contribution in [2.45, 2.75) is 19.5 Å². The molecule has 3 nitrogen and oxygen atoms in total. The summed E-state index contributed by atoms with van der Waals surface area (Å²) in [6.07, 6.45) is 1.09. The maximum absolute atomic E-state index is 5.42. The Morgan fingerprint density at radius 1 is 1.62 bits per heavy atom. The molecule has 0 radical (unpaired) electrons. The topological polar surface area (TPSA) is 64.1 Å². The van der Waals surface area contributed by atoms with E-state index in [1.54, 1.807) is 0 Å². The highest BCUT2D eigenvalue weighted by molar-refractivity contribution is 4.56. The molecule has 0 aliphatic heterocycles. The van der Waals surface area contributed by atoms with Crippen LogP contribution >= 0.6 is 0 Å². The minimum Gasteiger partial charge on any atom is -0.328 e. The summed E-state index contributed by atoms with van der Waals surface area (Å²) >= 11 is 0. The first kappa shape index (κ1) is 7.88. The summed E-state index contributed by atoms with van der Waals surface area (Å²) in [5.41, 5.74) is 10.6. The normalized spacial score (nSPS) is 13.9. The second kappa shape index (κ2) is 5.03. The van der Waals surface area contributed by atoms with Gasteiger partial charge in [-0.25, -0.2) is 0 Å². The smallest absolute Gasteiger partial charge is 0.0672 e. The van der Waals surface area contributed by atoms with E-state index in [9.17, 15) is 0 Å². The van der Waals surface area contributed by atoms with Gasteiger partial charge in [-0.3, -0.25) is 0 Å². The van der Waals surface area contributed by atoms with E-state index < -0.39 is 0 Å². The van der Waals surface area contributed by atoms with Gasteiger partial charge in [-0.1, -0.05) is 6.92 Å². The molecule has 0 saturated heterocycles. The van der Waals surface area contributed by atoms with Crippen LogP contribution in [-0.2, 0) is 0 Å². The lowest BCUT2D eigenvalue weighted by molar-refractivity contribution is 0.534. The van der Waals surface area contributed by atoms with Gasteiger partial charge in [-0.05, 0) is 13.0 Å². The fourth-order valence-corrected chi connectivity index (χ4v) is 0.413. The lowest BCUT2D eigenvalue weighted by atomic mass is 10.4. The summed E-state index contributed by atoms with van der Waals surface area (Å²) in [5.74, 6) is 0. The lowest BCUT2D eigenvalue weighted by Crippen LogP contribution is -2.43. The SMILES string of the molecule is CCCNC(N)CN. The Kier molecular flexibility index (Phi) is 4.95. The van der Waals surface area contributed by atoms with Crippen molar-refractivity contribution in [1.29, 1.82) is 0 Å². The molecule has 0 bridgehead atoms. The zero-order chi connectivity index (χ0) is 6.41. The van der Waals surface area contributed by atoms with Gasteiger partial charge in [0.05, 0.1) is 6.17 Å². The van der Waals surface area contributed by atoms with Gasteiger partial charge in [0.15, 0.2) is 0 Å². The zero-order valence-electron chi connectivity index (χ0n) is 5.35. The maximum Gasteiger partial charge on any atom is 0.0672 e. The van der Waals surface area contributed by atoms with Crippen LogP contribution in [0, 0.1) is 0 Å². The van der Waals surface area contributed by atoms with Gasteiger partial charge in [-0.2, -0.15) is 0 Å². The molecule has 0 aliphatic carbocycles. The van der Waals surface area contributed by atoms with Gasteiger partial charge < -0.3 is 16.8 Å². The summed E-state index contributed by atoms with van der Waals surface area (Å²) < 4.78 is 0. The van der Waals surface area contributed by atoms with Crippen molar-refractivity contribution in [3.63, 3.8) is 0 Å². The number of hydrogen-bond acceptors (Lipinski definition) is 3. The summed E-state index contributed by atoms with van der Waals surface area (Å²) in [6.45, 7) is 3.56. The van der Waals surface area contributed by atoms with Crippen LogP contribution in [0.4, 0.5) is 0 Å². The minimum absolute atomic E-state index is 0.0186. The first-order valence-corrected chi connectivity index (χ1v) is 3.00. The van der Waals surface area contributed by atoms with Gasteiger partial charge in [-0.15, -0.1) is 0 Å². The molecular formula is C5H15N3. The van der Waals surface area contributed by atoms with Crippen LogP contribution in [-0.4, -0.2) is 19.3 Å². The summed E-state index contributed by atoms with van der Waals surface area (Å²) in [4.78, 5) is 0. The molecule has 0 aromatic carbocycles. The van der Waals surface area contributed by atoms with E-state index in [0.29, 0.717) is 6.54 Å². The Morgan fingerprint density at radius 2 is 2.25 bits per heavy atom. The summed E-state index contributed by atoms with van der Waals surface area (Å²) in [7, 11) is 0. The first-order chi connectivity index (χ1) is 3.81. The third-order valence-electron chi connectivity index (χ3n) is 0.910. The van der Waals surface area contributed by atoms with Crippen molar-refractivity contribution < 1.29 is 0 Å². The van der Waals surface area contributed by atoms with Crippen molar-refractivity contribution >= 4 is 0 Å². The third kappa shape index (κ3) is 4.05. The van der Waals surface area contributed by atoms with Crippen molar-refractivity contribution in [3.8, 4) is 0 Å². The van der Waals surface area contributed by atoms with Crippen LogP contribution < -0.4 is 16.8 Å². The Balaban J connectivity index is 2.86. The minimum atomic E-state index is -0.0186. The van der Waals surface area contributed by atoms with E-state index in [0.717, 1.165) is 13.0 Å². The molecule has 3 heteroatoms. The van der Waals surface area contributed by atoms with E-state index in [-0.39, 0.29) is 6.17 Å². The molecular weight excluding hydrogens is 102 g/mol. The molecule has 0 fully saturated rings. The van der Waals surface area contributed by atoms with Gasteiger partial charge in [0.25, 0.3) is 0 Å². The van der Waals surface area contributed by atoms with Crippen molar-refractivity contribution in [3.05, 3.63) is 0 Å². The van der Waals surface area contributed by atoms with Gasteiger partial charge in [0.1, 0.15) is 0 Å². The monoisotopic (exact) mass is 117 g/mol. The average Bonchev–Trinajstić information content (AvgIpc) is 1.83. The van der Waals surface area contributed by atoms with E-state index in [2.05, 4.69) is 12.2 Å². The zero-order valence-corrected chi connectivity index (χ0v) is 5.35. The van der Waals surface area contributed by atoms with E-state index in [1.165, 1.54) is 0 Å². The Hall–Kier alpha value is -0.120. The average molecular weight is 117 g/mol. The molecule has 0 heterocycles. The molecule has 0 amide bonds. The predicted molar refractivity (Wildman–Crippen MR) is 35.3 cm³/mol. The molecule has 8 heavy (non-hydrogen) atoms. The van der Waals surface area contributed by atoms with Crippen molar-refractivity contribution in [2.75, 3.05) is 13.1 Å². The van der Waals surface area contributed by atoms with Crippen LogP contribution in [0.3, 0.4) is 0 Å². The van der Waals surface area contributed by atoms with Crippen LogP contribution in [0.15, 0.2) is 0 Å². The molecule has 0 rings (SSSR count). The molecule has 0 saturated carbocycles. The molecule has 50 valence electrons. The quantitative estimate of drug-likeness (QED) is 0.424. The highest BCUT2D eigenvalue weighted by atomic mass is 15.0. The second-order valence-corrected chi connectivity index (χ2v) is 1.80. The predicted octanol–water partition coefficient (Wildman–Crippen LogP) is -0.770. The fraction of sp³-hybridized carbons (Fsp3) is 1.00. The lowest BCUT2D eigenvalue weighted by Gasteiger charge is -2.08. The highest BCUT2D eigenvalue weighted by Crippen LogP contribution is 1.70. The van der Waals surface area contributed by atoms with E-state index in [4.69, 9.17) is 11.5 Å². The Bertz CT molecular complexity index is 46.9. The van der Waals surface area contributed by atoms with Crippen LogP contribution in [0.25, 0.3) is 0 Å². The molecule has 1 atom stereocenters. The molecule has 0 aliphatic rings. The summed E-state index contributed by atoms with van der Waals surface area (Å²) in [6, 6.07) is 0. The third-order valence-corrected chi connectivity index (χ3v) is 0.910. The van der Waals surface area contributed by atoms with Gasteiger partial charge in [0.2, 0.25) is 0 Å². The van der Waals surface area contributed by atoms with Crippen LogP contribution in [0.5, 0.6) is 0 Å². The number of nitrogens with two attached hydrogens (primary N) is 2. The largest absolute Gasteiger partial charge is 0.328 e. The van der Waals surface area contributed by atoms with Gasteiger partial charge >= 0.3 is 0 Å². The first-order valence-electron chi connectivity index (χ1n) is 3.00. The Labute approximate surface area is 50.4 Å². The highest BCUT2D eigenvalue weighted by Gasteiger charge is 1.92. The number of hydrogen-bond donors (Lipinski definition) is 3. The molecule has 1 unspecified atom stereocenters. The maximum atomic E-state index is 5.42. The molecule has 5 N–H and O–H groups in total. The van der Waals surface area contributed by atoms with Crippen molar-refractivity contribution in [2.24, 2.45) is 11.5 Å². The molecule has 0 aromatic rings. The Morgan fingerprint density at radius 3 is 2.62 bits per heavy atom. The molecule has 0 aromatic heterocycles. The molecule has 0 spiro atoms. The number of rotatable bonds is 4. The van der Waals surface area contributed by atoms with E-state index in [1.807, 2.05) is 0 Å². The number of nitrogens with one attached hydrogen (secondary N) is 1. The van der Waals surface area contributed by atoms with Crippen LogP contribution in [0.1, 0.15) is 13.3 Å². The van der Waals surface area contributed by atoms with Crippen molar-refractivity contribution in [1.82, 2.24) is 5.32 Å². The van der Waals surface area contributed by atoms with E-state index >= 15 is 0 Å².